The molecule has 0 N–H and O–H groups in total. The van der Waals surface area contributed by atoms with Crippen LogP contribution in [0.25, 0.3) is 11.0 Å². The number of amides is 1. The minimum absolute atomic E-state index is 0.0164. The zero-order valence-electron chi connectivity index (χ0n) is 15.3. The second-order valence-corrected chi connectivity index (χ2v) is 10.4. The van der Waals surface area contributed by atoms with Crippen LogP contribution in [0.3, 0.4) is 0 Å². The number of hydrogen-bond acceptors (Lipinski definition) is 5. The number of carbonyl (C=O) groups excluding carboxylic acids is 1. The van der Waals surface area contributed by atoms with Crippen LogP contribution in [0.2, 0.25) is 0 Å². The van der Waals surface area contributed by atoms with Crippen LogP contribution in [-0.2, 0) is 16.4 Å². The predicted molar refractivity (Wildman–Crippen MR) is 107 cm³/mol. The number of benzene rings is 1. The fourth-order valence-electron chi connectivity index (χ4n) is 3.63. The Hall–Kier alpha value is -2.12. The summed E-state index contributed by atoms with van der Waals surface area (Å²) in [6.45, 7) is 4.28. The Morgan fingerprint density at radius 3 is 2.78 bits per heavy atom. The maximum absolute atomic E-state index is 13.4. The van der Waals surface area contributed by atoms with Gasteiger partial charge >= 0.3 is 0 Å². The van der Waals surface area contributed by atoms with E-state index in [1.165, 1.54) is 0 Å². The van der Waals surface area contributed by atoms with E-state index in [0.29, 0.717) is 24.3 Å². The van der Waals surface area contributed by atoms with Crippen molar-refractivity contribution in [1.82, 2.24) is 4.90 Å². The molecule has 1 atom stereocenters. The van der Waals surface area contributed by atoms with Crippen molar-refractivity contribution >= 4 is 38.1 Å². The van der Waals surface area contributed by atoms with Gasteiger partial charge in [0.1, 0.15) is 5.58 Å². The van der Waals surface area contributed by atoms with E-state index in [0.717, 1.165) is 21.4 Å². The van der Waals surface area contributed by atoms with E-state index < -0.39 is 9.84 Å². The van der Waals surface area contributed by atoms with Gasteiger partial charge in [0.2, 0.25) is 0 Å². The number of hydrogen-bond donors (Lipinski definition) is 0. The van der Waals surface area contributed by atoms with Crippen molar-refractivity contribution in [3.8, 4) is 0 Å². The predicted octanol–water partition coefficient (Wildman–Crippen LogP) is 3.94. The van der Waals surface area contributed by atoms with Gasteiger partial charge in [0.15, 0.2) is 15.6 Å². The summed E-state index contributed by atoms with van der Waals surface area (Å²) in [7, 11) is -3.10. The van der Waals surface area contributed by atoms with E-state index >= 15 is 0 Å². The first-order valence-corrected chi connectivity index (χ1v) is 11.6. The van der Waals surface area contributed by atoms with Crippen molar-refractivity contribution in [2.24, 2.45) is 0 Å². The van der Waals surface area contributed by atoms with Crippen LogP contribution in [0.5, 0.6) is 0 Å². The molecule has 3 aromatic rings. The lowest BCUT2D eigenvalue weighted by Crippen LogP contribution is -2.40. The number of rotatable bonds is 4. The number of thiophene rings is 1. The lowest BCUT2D eigenvalue weighted by atomic mass is 10.1. The maximum atomic E-state index is 13.4. The third-order valence-electron chi connectivity index (χ3n) is 5.10. The number of fused-ring (bicyclic) bond motifs is 1. The first-order valence-electron chi connectivity index (χ1n) is 8.87. The number of sulfone groups is 1. The summed E-state index contributed by atoms with van der Waals surface area (Å²) in [5, 5.41) is 2.88. The van der Waals surface area contributed by atoms with E-state index in [2.05, 4.69) is 0 Å². The van der Waals surface area contributed by atoms with E-state index in [1.807, 2.05) is 49.6 Å². The summed E-state index contributed by atoms with van der Waals surface area (Å²) < 4.78 is 29.9. The van der Waals surface area contributed by atoms with Crippen molar-refractivity contribution in [2.75, 3.05) is 11.5 Å². The average molecular weight is 404 g/mol. The Balaban J connectivity index is 1.73. The standard InChI is InChI=1S/C20H21NO4S2/c1-13-5-6-18-17(10-13)14(2)19(25-18)20(22)21(11-16-4-3-8-26-16)15-7-9-27(23,24)12-15/h3-6,8,10,15H,7,9,11-12H2,1-2H3/t15-/m1/s1. The highest BCUT2D eigenvalue weighted by molar-refractivity contribution is 7.91. The van der Waals surface area contributed by atoms with Gasteiger partial charge in [0, 0.05) is 21.9 Å². The molecule has 1 aliphatic rings. The van der Waals surface area contributed by atoms with Crippen LogP contribution in [0, 0.1) is 13.8 Å². The largest absolute Gasteiger partial charge is 0.451 e. The van der Waals surface area contributed by atoms with E-state index in [4.69, 9.17) is 4.42 Å². The molecule has 0 aliphatic carbocycles. The number of aryl methyl sites for hydroxylation is 2. The van der Waals surface area contributed by atoms with E-state index in [9.17, 15) is 13.2 Å². The molecule has 1 fully saturated rings. The van der Waals surface area contributed by atoms with Gasteiger partial charge in [-0.3, -0.25) is 4.79 Å². The fraction of sp³-hybridized carbons (Fsp3) is 0.350. The molecule has 3 heterocycles. The van der Waals surface area contributed by atoms with Gasteiger partial charge in [-0.1, -0.05) is 17.7 Å². The zero-order chi connectivity index (χ0) is 19.2. The third-order valence-corrected chi connectivity index (χ3v) is 7.71. The molecule has 142 valence electrons. The lowest BCUT2D eigenvalue weighted by Gasteiger charge is -2.27. The number of furan rings is 1. The smallest absolute Gasteiger partial charge is 0.290 e. The molecule has 1 saturated heterocycles. The van der Waals surface area contributed by atoms with Crippen LogP contribution < -0.4 is 0 Å². The Morgan fingerprint density at radius 2 is 2.11 bits per heavy atom. The second-order valence-electron chi connectivity index (χ2n) is 7.13. The summed E-state index contributed by atoms with van der Waals surface area (Å²) in [6.07, 6.45) is 0.470. The van der Waals surface area contributed by atoms with Crippen molar-refractivity contribution in [1.29, 1.82) is 0 Å². The molecule has 1 aliphatic heterocycles. The summed E-state index contributed by atoms with van der Waals surface area (Å²) in [5.41, 5.74) is 2.58. The highest BCUT2D eigenvalue weighted by Gasteiger charge is 2.36. The molecule has 5 nitrogen and oxygen atoms in total. The van der Waals surface area contributed by atoms with Gasteiger partial charge in [-0.25, -0.2) is 8.42 Å². The van der Waals surface area contributed by atoms with Crippen molar-refractivity contribution in [3.63, 3.8) is 0 Å². The molecular weight excluding hydrogens is 382 g/mol. The number of carbonyl (C=O) groups is 1. The number of nitrogens with zero attached hydrogens (tertiary/aromatic N) is 1. The van der Waals surface area contributed by atoms with Gasteiger partial charge in [-0.2, -0.15) is 0 Å². The molecule has 4 rings (SSSR count). The van der Waals surface area contributed by atoms with Crippen LogP contribution in [0.4, 0.5) is 0 Å². The first kappa shape index (κ1) is 18.3. The Morgan fingerprint density at radius 1 is 1.30 bits per heavy atom. The van der Waals surface area contributed by atoms with Crippen LogP contribution in [0.15, 0.2) is 40.1 Å². The molecule has 0 unspecified atom stereocenters. The molecule has 0 radical (unpaired) electrons. The van der Waals surface area contributed by atoms with Gasteiger partial charge in [0.05, 0.1) is 18.1 Å². The molecule has 7 heteroatoms. The Bertz CT molecular complexity index is 1100. The molecule has 27 heavy (non-hydrogen) atoms. The maximum Gasteiger partial charge on any atom is 0.290 e. The summed E-state index contributed by atoms with van der Waals surface area (Å²) in [4.78, 5) is 16.1. The molecule has 0 spiro atoms. The minimum atomic E-state index is -3.10. The fourth-order valence-corrected chi connectivity index (χ4v) is 6.06. The summed E-state index contributed by atoms with van der Waals surface area (Å²) in [5.74, 6) is 0.209. The van der Waals surface area contributed by atoms with Crippen molar-refractivity contribution in [3.05, 3.63) is 57.5 Å². The molecule has 1 amide bonds. The second kappa shape index (κ2) is 6.80. The molecule has 0 saturated carbocycles. The summed E-state index contributed by atoms with van der Waals surface area (Å²) >= 11 is 1.56. The Labute approximate surface area is 162 Å². The lowest BCUT2D eigenvalue weighted by molar-refractivity contribution is 0.0651. The SMILES string of the molecule is Cc1ccc2oc(C(=O)N(Cc3cccs3)[C@@H]3CCS(=O)(=O)C3)c(C)c2c1. The van der Waals surface area contributed by atoms with E-state index in [-0.39, 0.29) is 23.5 Å². The van der Waals surface area contributed by atoms with Crippen LogP contribution >= 0.6 is 11.3 Å². The van der Waals surface area contributed by atoms with Crippen molar-refractivity contribution < 1.29 is 17.6 Å². The monoisotopic (exact) mass is 403 g/mol. The summed E-state index contributed by atoms with van der Waals surface area (Å²) in [6, 6.07) is 9.41. The third kappa shape index (κ3) is 3.53. The van der Waals surface area contributed by atoms with Crippen LogP contribution in [-0.4, -0.2) is 36.8 Å². The van der Waals surface area contributed by atoms with E-state index in [1.54, 1.807) is 16.2 Å². The van der Waals surface area contributed by atoms with Gasteiger partial charge < -0.3 is 9.32 Å². The highest BCUT2D eigenvalue weighted by atomic mass is 32.2. The average Bonchev–Trinajstić information content (AvgIpc) is 3.33. The van der Waals surface area contributed by atoms with Gasteiger partial charge in [-0.05, 0) is 43.8 Å². The van der Waals surface area contributed by atoms with Gasteiger partial charge in [-0.15, -0.1) is 11.3 Å². The normalized spacial score (nSPS) is 18.8. The van der Waals surface area contributed by atoms with Crippen molar-refractivity contribution in [2.45, 2.75) is 32.9 Å². The highest BCUT2D eigenvalue weighted by Crippen LogP contribution is 2.30. The molecule has 2 aromatic heterocycles. The van der Waals surface area contributed by atoms with Gasteiger partial charge in [0.25, 0.3) is 5.91 Å². The zero-order valence-corrected chi connectivity index (χ0v) is 16.9. The molecule has 1 aromatic carbocycles. The topological polar surface area (TPSA) is 67.6 Å². The molecular formula is C20H21NO4S2. The molecule has 0 bridgehead atoms. The first-order chi connectivity index (χ1) is 12.8. The van der Waals surface area contributed by atoms with Crippen LogP contribution in [0.1, 0.15) is 33.0 Å². The minimum Gasteiger partial charge on any atom is -0.451 e. The quantitative estimate of drug-likeness (QED) is 0.662. The Kier molecular flexibility index (Phi) is 4.60.